The van der Waals surface area contributed by atoms with Gasteiger partial charge in [0.25, 0.3) is 0 Å². The van der Waals surface area contributed by atoms with Crippen molar-refractivity contribution >= 4 is 16.7 Å². The first-order valence-corrected chi connectivity index (χ1v) is 9.11. The summed E-state index contributed by atoms with van der Waals surface area (Å²) in [5, 5.41) is 7.63. The molecule has 4 nitrogen and oxygen atoms in total. The smallest absolute Gasteiger partial charge is 0.367 e. The van der Waals surface area contributed by atoms with E-state index in [1.54, 1.807) is 13.3 Å². The molecule has 142 valence electrons. The molecule has 1 aliphatic rings. The monoisotopic (exact) mass is 366 g/mol. The number of hydrogen-bond acceptors (Lipinski definition) is 4. The molecule has 1 heterocycles. The Morgan fingerprint density at radius 2 is 1.81 bits per heavy atom. The summed E-state index contributed by atoms with van der Waals surface area (Å²) < 4.78 is 37.4. The quantitative estimate of drug-likeness (QED) is 0.812. The van der Waals surface area contributed by atoms with Gasteiger partial charge < -0.3 is 10.6 Å². The Morgan fingerprint density at radius 1 is 1.12 bits per heavy atom. The Hall–Kier alpha value is -1.89. The van der Waals surface area contributed by atoms with E-state index in [2.05, 4.69) is 26.7 Å². The molecule has 2 N–H and O–H groups in total. The summed E-state index contributed by atoms with van der Waals surface area (Å²) in [6.45, 7) is 3.64. The van der Waals surface area contributed by atoms with Crippen LogP contribution in [-0.2, 0) is 0 Å². The van der Waals surface area contributed by atoms with Gasteiger partial charge in [0.05, 0.1) is 11.9 Å². The average molecular weight is 366 g/mol. The minimum atomic E-state index is -4.11. The summed E-state index contributed by atoms with van der Waals surface area (Å²) in [7, 11) is 0. The molecule has 0 amide bonds. The molecule has 1 saturated carbocycles. The maximum absolute atomic E-state index is 12.5. The summed E-state index contributed by atoms with van der Waals surface area (Å²) in [6.07, 6.45) is 0.214. The van der Waals surface area contributed by atoms with Crippen molar-refractivity contribution in [3.63, 3.8) is 0 Å². The van der Waals surface area contributed by atoms with Gasteiger partial charge >= 0.3 is 6.18 Å². The Labute approximate surface area is 151 Å². The number of anilines is 1. The first kappa shape index (κ1) is 18.9. The number of aromatic nitrogens is 2. The van der Waals surface area contributed by atoms with E-state index in [1.807, 2.05) is 19.1 Å². The number of rotatable bonds is 5. The molecule has 3 rings (SSSR count). The van der Waals surface area contributed by atoms with Crippen LogP contribution in [0.2, 0.25) is 0 Å². The van der Waals surface area contributed by atoms with Crippen LogP contribution in [0.5, 0.6) is 0 Å². The van der Waals surface area contributed by atoms with E-state index in [1.165, 1.54) is 0 Å². The van der Waals surface area contributed by atoms with Crippen molar-refractivity contribution in [1.82, 2.24) is 15.3 Å². The Morgan fingerprint density at radius 3 is 2.50 bits per heavy atom. The lowest BCUT2D eigenvalue weighted by molar-refractivity contribution is -0.139. The zero-order valence-electron chi connectivity index (χ0n) is 15.1. The number of halogens is 3. The summed E-state index contributed by atoms with van der Waals surface area (Å²) in [4.78, 5) is 8.68. The third kappa shape index (κ3) is 5.06. The fourth-order valence-corrected chi connectivity index (χ4v) is 3.69. The van der Waals surface area contributed by atoms with Gasteiger partial charge in [0.2, 0.25) is 0 Å². The molecule has 0 spiro atoms. The summed E-state index contributed by atoms with van der Waals surface area (Å²) in [5.41, 5.74) is 2.06. The van der Waals surface area contributed by atoms with Crippen LogP contribution in [0.4, 0.5) is 19.0 Å². The van der Waals surface area contributed by atoms with E-state index in [4.69, 9.17) is 0 Å². The fraction of sp³-hybridized carbons (Fsp3) is 0.579. The average Bonchev–Trinajstić information content (AvgIpc) is 2.55. The Balaban J connectivity index is 1.55. The molecule has 0 aliphatic heterocycles. The van der Waals surface area contributed by atoms with Gasteiger partial charge in [-0.1, -0.05) is 11.6 Å². The largest absolute Gasteiger partial charge is 0.390 e. The van der Waals surface area contributed by atoms with Gasteiger partial charge in [0.15, 0.2) is 0 Å². The number of nitrogens with zero attached hydrogens (tertiary/aromatic N) is 2. The highest BCUT2D eigenvalue weighted by Crippen LogP contribution is 2.27. The van der Waals surface area contributed by atoms with Crippen molar-refractivity contribution in [2.45, 2.75) is 70.3 Å². The van der Waals surface area contributed by atoms with E-state index < -0.39 is 18.6 Å². The first-order chi connectivity index (χ1) is 12.3. The van der Waals surface area contributed by atoms with E-state index in [0.717, 1.165) is 48.0 Å². The summed E-state index contributed by atoms with van der Waals surface area (Å²) in [5.74, 6) is 0.834. The van der Waals surface area contributed by atoms with Crippen LogP contribution in [0.1, 0.15) is 44.6 Å². The molecular weight excluding hydrogens is 341 g/mol. The molecule has 0 unspecified atom stereocenters. The van der Waals surface area contributed by atoms with E-state index in [0.29, 0.717) is 0 Å². The number of alkyl halides is 3. The van der Waals surface area contributed by atoms with Gasteiger partial charge in [-0.3, -0.25) is 0 Å². The van der Waals surface area contributed by atoms with Gasteiger partial charge in [-0.25, -0.2) is 9.97 Å². The minimum Gasteiger partial charge on any atom is -0.367 e. The molecule has 0 bridgehead atoms. The third-order valence-electron chi connectivity index (χ3n) is 4.92. The van der Waals surface area contributed by atoms with Crippen molar-refractivity contribution in [2.75, 3.05) is 5.32 Å². The normalized spacial score (nSPS) is 22.3. The van der Waals surface area contributed by atoms with Gasteiger partial charge in [0, 0.05) is 23.5 Å². The van der Waals surface area contributed by atoms with Gasteiger partial charge in [-0.15, -0.1) is 0 Å². The van der Waals surface area contributed by atoms with Crippen LogP contribution in [0.25, 0.3) is 10.9 Å². The van der Waals surface area contributed by atoms with Crippen molar-refractivity contribution in [1.29, 1.82) is 0 Å². The number of nitrogens with one attached hydrogen (secondary N) is 2. The second-order valence-electron chi connectivity index (χ2n) is 7.32. The molecule has 1 atom stereocenters. The molecule has 2 aromatic rings. The van der Waals surface area contributed by atoms with Crippen molar-refractivity contribution in [3.05, 3.63) is 30.1 Å². The SMILES string of the molecule is Cc1ccc2ncnc(N[C@H]3CC[C@H](N[C@@H](C)CC(F)(F)F)CC3)c2c1. The predicted octanol–water partition coefficient (Wildman–Crippen LogP) is 4.59. The summed E-state index contributed by atoms with van der Waals surface area (Å²) in [6, 6.07) is 5.97. The number of benzene rings is 1. The van der Waals surface area contributed by atoms with Crippen molar-refractivity contribution < 1.29 is 13.2 Å². The molecule has 0 radical (unpaired) electrons. The molecule has 1 aromatic carbocycles. The van der Waals surface area contributed by atoms with Crippen LogP contribution in [0, 0.1) is 6.92 Å². The molecular formula is C19H25F3N4. The number of hydrogen-bond donors (Lipinski definition) is 2. The second-order valence-corrected chi connectivity index (χ2v) is 7.32. The lowest BCUT2D eigenvalue weighted by Crippen LogP contribution is -2.42. The highest BCUT2D eigenvalue weighted by Gasteiger charge is 2.31. The second kappa shape index (κ2) is 7.78. The van der Waals surface area contributed by atoms with Crippen molar-refractivity contribution in [3.8, 4) is 0 Å². The third-order valence-corrected chi connectivity index (χ3v) is 4.92. The molecule has 0 saturated heterocycles. The van der Waals surface area contributed by atoms with E-state index >= 15 is 0 Å². The van der Waals surface area contributed by atoms with Crippen LogP contribution in [0.3, 0.4) is 0 Å². The lowest BCUT2D eigenvalue weighted by atomic mass is 9.90. The standard InChI is InChI=1S/C19H25F3N4/c1-12-3-8-17-16(9-12)18(24-11-23-17)26-15-6-4-14(5-7-15)25-13(2)10-19(20,21)22/h3,8-9,11,13-15,25H,4-7,10H2,1-2H3,(H,23,24,26)/t13-,14-,15-/m0/s1. The highest BCUT2D eigenvalue weighted by molar-refractivity contribution is 5.89. The zero-order chi connectivity index (χ0) is 18.7. The van der Waals surface area contributed by atoms with Crippen LogP contribution in [0.15, 0.2) is 24.5 Å². The van der Waals surface area contributed by atoms with Gasteiger partial charge in [0.1, 0.15) is 12.1 Å². The zero-order valence-corrected chi connectivity index (χ0v) is 15.1. The highest BCUT2D eigenvalue weighted by atomic mass is 19.4. The minimum absolute atomic E-state index is 0.148. The van der Waals surface area contributed by atoms with Crippen LogP contribution < -0.4 is 10.6 Å². The van der Waals surface area contributed by atoms with Gasteiger partial charge in [-0.2, -0.15) is 13.2 Å². The van der Waals surface area contributed by atoms with E-state index in [9.17, 15) is 13.2 Å². The van der Waals surface area contributed by atoms with Crippen LogP contribution >= 0.6 is 0 Å². The lowest BCUT2D eigenvalue weighted by Gasteiger charge is -2.32. The fourth-order valence-electron chi connectivity index (χ4n) is 3.69. The van der Waals surface area contributed by atoms with Crippen LogP contribution in [-0.4, -0.2) is 34.3 Å². The number of aryl methyl sites for hydroxylation is 1. The maximum Gasteiger partial charge on any atom is 0.390 e. The first-order valence-electron chi connectivity index (χ1n) is 9.11. The molecule has 26 heavy (non-hydrogen) atoms. The molecule has 7 heteroatoms. The topological polar surface area (TPSA) is 49.8 Å². The number of fused-ring (bicyclic) bond motifs is 1. The predicted molar refractivity (Wildman–Crippen MR) is 97.2 cm³/mol. The maximum atomic E-state index is 12.5. The van der Waals surface area contributed by atoms with Gasteiger partial charge in [-0.05, 0) is 51.7 Å². The van der Waals surface area contributed by atoms with E-state index in [-0.39, 0.29) is 12.1 Å². The molecule has 1 aromatic heterocycles. The Bertz CT molecular complexity index is 739. The molecule has 1 fully saturated rings. The summed E-state index contributed by atoms with van der Waals surface area (Å²) >= 11 is 0. The Kier molecular flexibility index (Phi) is 5.65. The molecule has 1 aliphatic carbocycles. The van der Waals surface area contributed by atoms with Crippen molar-refractivity contribution in [2.24, 2.45) is 0 Å².